The van der Waals surface area contributed by atoms with E-state index in [0.29, 0.717) is 6.04 Å². The van der Waals surface area contributed by atoms with Crippen LogP contribution in [-0.2, 0) is 0 Å². The molecule has 2 aliphatic rings. The van der Waals surface area contributed by atoms with Crippen molar-refractivity contribution in [2.75, 3.05) is 33.7 Å². The van der Waals surface area contributed by atoms with Crippen LogP contribution >= 0.6 is 0 Å². The molecule has 0 aromatic carbocycles. The van der Waals surface area contributed by atoms with E-state index in [1.165, 1.54) is 51.7 Å². The summed E-state index contributed by atoms with van der Waals surface area (Å²) in [6.07, 6.45) is 7.30. The van der Waals surface area contributed by atoms with Crippen LogP contribution in [0, 0.1) is 5.92 Å². The van der Waals surface area contributed by atoms with Crippen LogP contribution in [0.25, 0.3) is 0 Å². The molecule has 0 aromatic heterocycles. The predicted molar refractivity (Wildman–Crippen MR) is 71.1 cm³/mol. The molecule has 1 saturated carbocycles. The number of hydrogen-bond acceptors (Lipinski definition) is 3. The van der Waals surface area contributed by atoms with Gasteiger partial charge in [0.15, 0.2) is 0 Å². The summed E-state index contributed by atoms with van der Waals surface area (Å²) in [5, 5.41) is 10.1. The second-order valence-corrected chi connectivity index (χ2v) is 6.16. The van der Waals surface area contributed by atoms with E-state index in [9.17, 15) is 5.11 Å². The molecule has 2 rings (SSSR count). The zero-order chi connectivity index (χ0) is 12.3. The fourth-order valence-electron chi connectivity index (χ4n) is 3.50. The Kier molecular flexibility index (Phi) is 4.83. The van der Waals surface area contributed by atoms with Gasteiger partial charge in [-0.05, 0) is 58.8 Å². The number of aliphatic hydroxyl groups is 1. The Balaban J connectivity index is 1.78. The summed E-state index contributed by atoms with van der Waals surface area (Å²) in [5.74, 6) is 0.863. The average molecular weight is 240 g/mol. The highest BCUT2D eigenvalue weighted by Crippen LogP contribution is 2.27. The topological polar surface area (TPSA) is 26.7 Å². The Morgan fingerprint density at radius 1 is 1.06 bits per heavy atom. The molecule has 0 spiro atoms. The minimum Gasteiger partial charge on any atom is -0.391 e. The predicted octanol–water partition coefficient (Wildman–Crippen LogP) is 1.56. The molecular formula is C14H28N2O. The number of nitrogens with zero attached hydrogens (tertiary/aromatic N) is 2. The Morgan fingerprint density at radius 3 is 2.29 bits per heavy atom. The maximum Gasteiger partial charge on any atom is 0.0695 e. The number of likely N-dealkylation sites (tertiary alicyclic amines) is 1. The summed E-state index contributed by atoms with van der Waals surface area (Å²) in [5.41, 5.74) is 0. The van der Waals surface area contributed by atoms with Gasteiger partial charge in [-0.25, -0.2) is 0 Å². The van der Waals surface area contributed by atoms with Crippen molar-refractivity contribution < 1.29 is 5.11 Å². The highest BCUT2D eigenvalue weighted by molar-refractivity contribution is 4.86. The molecular weight excluding hydrogens is 212 g/mol. The van der Waals surface area contributed by atoms with Gasteiger partial charge in [0.2, 0.25) is 0 Å². The first kappa shape index (κ1) is 13.3. The van der Waals surface area contributed by atoms with E-state index in [1.807, 2.05) is 0 Å². The first-order chi connectivity index (χ1) is 8.16. The molecule has 1 saturated heterocycles. The molecule has 1 N–H and O–H groups in total. The van der Waals surface area contributed by atoms with E-state index in [-0.39, 0.29) is 6.10 Å². The zero-order valence-corrected chi connectivity index (χ0v) is 11.4. The van der Waals surface area contributed by atoms with Gasteiger partial charge < -0.3 is 10.0 Å². The number of aliphatic hydroxyl groups excluding tert-OH is 1. The molecule has 100 valence electrons. The Bertz CT molecular complexity index is 224. The molecule has 0 radical (unpaired) electrons. The minimum atomic E-state index is -0.0610. The lowest BCUT2D eigenvalue weighted by molar-refractivity contribution is 0.00233. The highest BCUT2D eigenvalue weighted by Gasteiger charge is 2.31. The van der Waals surface area contributed by atoms with Crippen LogP contribution in [0.15, 0.2) is 0 Å². The summed E-state index contributed by atoms with van der Waals surface area (Å²) >= 11 is 0. The van der Waals surface area contributed by atoms with Crippen molar-refractivity contribution in [1.82, 2.24) is 9.80 Å². The zero-order valence-electron chi connectivity index (χ0n) is 11.4. The van der Waals surface area contributed by atoms with Gasteiger partial charge in [0.25, 0.3) is 0 Å². The molecule has 1 aliphatic heterocycles. The van der Waals surface area contributed by atoms with E-state index < -0.39 is 0 Å². The second-order valence-electron chi connectivity index (χ2n) is 6.16. The lowest BCUT2D eigenvalue weighted by Crippen LogP contribution is -2.49. The Morgan fingerprint density at radius 2 is 1.71 bits per heavy atom. The van der Waals surface area contributed by atoms with E-state index >= 15 is 0 Å². The van der Waals surface area contributed by atoms with Crippen molar-refractivity contribution in [3.63, 3.8) is 0 Å². The monoisotopic (exact) mass is 240 g/mol. The number of hydrogen-bond donors (Lipinski definition) is 1. The largest absolute Gasteiger partial charge is 0.391 e. The third kappa shape index (κ3) is 3.67. The lowest BCUT2D eigenvalue weighted by Gasteiger charge is -2.42. The molecule has 3 nitrogen and oxygen atoms in total. The minimum absolute atomic E-state index is 0.0610. The average Bonchev–Trinajstić information content (AvgIpc) is 2.30. The Labute approximate surface area is 106 Å². The molecule has 0 bridgehead atoms. The van der Waals surface area contributed by atoms with Crippen molar-refractivity contribution in [3.8, 4) is 0 Å². The molecule has 17 heavy (non-hydrogen) atoms. The fourth-order valence-corrected chi connectivity index (χ4v) is 3.50. The van der Waals surface area contributed by atoms with Crippen LogP contribution in [0.4, 0.5) is 0 Å². The molecule has 1 aliphatic carbocycles. The maximum absolute atomic E-state index is 10.1. The summed E-state index contributed by atoms with van der Waals surface area (Å²) in [6, 6.07) is 0.462. The highest BCUT2D eigenvalue weighted by atomic mass is 16.3. The van der Waals surface area contributed by atoms with Crippen molar-refractivity contribution in [3.05, 3.63) is 0 Å². The first-order valence-electron chi connectivity index (χ1n) is 7.23. The van der Waals surface area contributed by atoms with Gasteiger partial charge in [-0.2, -0.15) is 0 Å². The molecule has 2 fully saturated rings. The fraction of sp³-hybridized carbons (Fsp3) is 1.00. The van der Waals surface area contributed by atoms with Crippen molar-refractivity contribution in [2.24, 2.45) is 5.92 Å². The lowest BCUT2D eigenvalue weighted by atomic mass is 9.88. The molecule has 2 atom stereocenters. The van der Waals surface area contributed by atoms with Crippen LogP contribution < -0.4 is 0 Å². The smallest absolute Gasteiger partial charge is 0.0695 e. The van der Waals surface area contributed by atoms with E-state index in [1.54, 1.807) is 0 Å². The third-order valence-electron chi connectivity index (χ3n) is 4.44. The Hall–Kier alpha value is -0.120. The van der Waals surface area contributed by atoms with Gasteiger partial charge in [0, 0.05) is 12.6 Å². The standard InChI is InChI=1S/C14H28N2O/c1-15(2)11-12-7-9-16(10-8-12)13-5-3-4-6-14(13)17/h12-14,17H,3-11H2,1-2H3/t13-,14-/m0/s1. The molecule has 3 heteroatoms. The summed E-state index contributed by atoms with van der Waals surface area (Å²) < 4.78 is 0. The third-order valence-corrected chi connectivity index (χ3v) is 4.44. The maximum atomic E-state index is 10.1. The van der Waals surface area contributed by atoms with Crippen molar-refractivity contribution in [2.45, 2.75) is 50.7 Å². The van der Waals surface area contributed by atoms with Crippen molar-refractivity contribution in [1.29, 1.82) is 0 Å². The van der Waals surface area contributed by atoms with Gasteiger partial charge >= 0.3 is 0 Å². The van der Waals surface area contributed by atoms with Crippen LogP contribution in [0.1, 0.15) is 38.5 Å². The van der Waals surface area contributed by atoms with E-state index in [2.05, 4.69) is 23.9 Å². The molecule has 0 aromatic rings. The van der Waals surface area contributed by atoms with E-state index in [4.69, 9.17) is 0 Å². The summed E-state index contributed by atoms with van der Waals surface area (Å²) in [4.78, 5) is 4.85. The van der Waals surface area contributed by atoms with Gasteiger partial charge in [0.05, 0.1) is 6.10 Å². The van der Waals surface area contributed by atoms with Crippen LogP contribution in [0.3, 0.4) is 0 Å². The van der Waals surface area contributed by atoms with Gasteiger partial charge in [-0.15, -0.1) is 0 Å². The van der Waals surface area contributed by atoms with E-state index in [0.717, 1.165) is 12.3 Å². The van der Waals surface area contributed by atoms with Crippen molar-refractivity contribution >= 4 is 0 Å². The van der Waals surface area contributed by atoms with Crippen LogP contribution in [0.2, 0.25) is 0 Å². The first-order valence-corrected chi connectivity index (χ1v) is 7.23. The number of rotatable bonds is 3. The molecule has 0 amide bonds. The molecule has 0 unspecified atom stereocenters. The normalized spacial score (nSPS) is 33.2. The number of piperidine rings is 1. The second kappa shape index (κ2) is 6.17. The van der Waals surface area contributed by atoms with Gasteiger partial charge in [0.1, 0.15) is 0 Å². The SMILES string of the molecule is CN(C)CC1CCN([C@H]2CCCC[C@@H]2O)CC1. The summed E-state index contributed by atoms with van der Waals surface area (Å²) in [7, 11) is 4.33. The van der Waals surface area contributed by atoms with Gasteiger partial charge in [-0.3, -0.25) is 4.90 Å². The summed E-state index contributed by atoms with van der Waals surface area (Å²) in [6.45, 7) is 3.61. The van der Waals surface area contributed by atoms with Crippen LogP contribution in [0.5, 0.6) is 0 Å². The quantitative estimate of drug-likeness (QED) is 0.811. The van der Waals surface area contributed by atoms with Gasteiger partial charge in [-0.1, -0.05) is 12.8 Å². The van der Waals surface area contributed by atoms with Crippen LogP contribution in [-0.4, -0.2) is 60.8 Å². The molecule has 1 heterocycles.